The summed E-state index contributed by atoms with van der Waals surface area (Å²) in [6.07, 6.45) is 3.37. The highest BCUT2D eigenvalue weighted by atomic mass is 32.2. The third-order valence-corrected chi connectivity index (χ3v) is 5.89. The third kappa shape index (κ3) is 4.58. The minimum atomic E-state index is -0.154. The lowest BCUT2D eigenvalue weighted by atomic mass is 10.1. The zero-order valence-electron chi connectivity index (χ0n) is 16.2. The topological polar surface area (TPSA) is 51.9 Å². The standard InChI is InChI=1S/C23H19NO4S2/c1-26-18-9-10-20(28-15-16-6-3-2-4-7-16)17(12-18)13-21-22(25)24(23(29)30-21)14-19-8-5-11-27-19/h2-13H,14-15H2,1H3/b21-13-. The number of carbonyl (C=O) groups is 1. The van der Waals surface area contributed by atoms with E-state index in [1.807, 2.05) is 54.6 Å². The Bertz CT molecular complexity index is 1080. The first-order valence-electron chi connectivity index (χ1n) is 9.26. The number of thiocarbonyl (C=S) groups is 1. The Morgan fingerprint density at radius 3 is 2.70 bits per heavy atom. The summed E-state index contributed by atoms with van der Waals surface area (Å²) in [6, 6.07) is 19.0. The van der Waals surface area contributed by atoms with Crippen LogP contribution in [0.15, 0.2) is 76.2 Å². The molecule has 2 heterocycles. The fraction of sp³-hybridized carbons (Fsp3) is 0.130. The molecule has 1 aliphatic heterocycles. The smallest absolute Gasteiger partial charge is 0.266 e. The van der Waals surface area contributed by atoms with Crippen LogP contribution in [0.5, 0.6) is 11.5 Å². The van der Waals surface area contributed by atoms with Gasteiger partial charge in [-0.1, -0.05) is 54.3 Å². The lowest BCUT2D eigenvalue weighted by molar-refractivity contribution is -0.122. The van der Waals surface area contributed by atoms with Crippen LogP contribution in [0.1, 0.15) is 16.9 Å². The predicted molar refractivity (Wildman–Crippen MR) is 121 cm³/mol. The second-order valence-electron chi connectivity index (χ2n) is 6.53. The summed E-state index contributed by atoms with van der Waals surface area (Å²) < 4.78 is 17.2. The van der Waals surface area contributed by atoms with E-state index in [4.69, 9.17) is 26.1 Å². The molecule has 1 fully saturated rings. The second kappa shape index (κ2) is 9.19. The molecule has 3 aromatic rings. The van der Waals surface area contributed by atoms with Gasteiger partial charge in [-0.15, -0.1) is 0 Å². The lowest BCUT2D eigenvalue weighted by Crippen LogP contribution is -2.27. The van der Waals surface area contributed by atoms with E-state index in [-0.39, 0.29) is 5.91 Å². The average molecular weight is 438 g/mol. The van der Waals surface area contributed by atoms with E-state index in [2.05, 4.69) is 0 Å². The van der Waals surface area contributed by atoms with Crippen LogP contribution in [0.2, 0.25) is 0 Å². The number of nitrogens with zero attached hydrogens (tertiary/aromatic N) is 1. The van der Waals surface area contributed by atoms with Gasteiger partial charge in [0.2, 0.25) is 0 Å². The highest BCUT2D eigenvalue weighted by molar-refractivity contribution is 8.26. The molecule has 0 radical (unpaired) electrons. The molecule has 4 rings (SSSR count). The highest BCUT2D eigenvalue weighted by Gasteiger charge is 2.32. The first-order chi connectivity index (χ1) is 14.6. The van der Waals surface area contributed by atoms with Crippen molar-refractivity contribution in [3.8, 4) is 11.5 Å². The van der Waals surface area contributed by atoms with Crippen LogP contribution >= 0.6 is 24.0 Å². The summed E-state index contributed by atoms with van der Waals surface area (Å²) in [5.41, 5.74) is 1.81. The number of amides is 1. The third-order valence-electron chi connectivity index (χ3n) is 4.51. The van der Waals surface area contributed by atoms with Crippen molar-refractivity contribution in [2.45, 2.75) is 13.2 Å². The molecule has 5 nitrogen and oxygen atoms in total. The van der Waals surface area contributed by atoms with E-state index in [9.17, 15) is 4.79 Å². The summed E-state index contributed by atoms with van der Waals surface area (Å²) in [4.78, 5) is 15.0. The molecule has 1 aliphatic rings. The van der Waals surface area contributed by atoms with E-state index in [1.165, 1.54) is 16.7 Å². The molecule has 152 valence electrons. The minimum absolute atomic E-state index is 0.154. The van der Waals surface area contributed by atoms with Gasteiger partial charge in [-0.25, -0.2) is 0 Å². The zero-order chi connectivity index (χ0) is 20.9. The van der Waals surface area contributed by atoms with Crippen molar-refractivity contribution < 1.29 is 18.7 Å². The first-order valence-corrected chi connectivity index (χ1v) is 10.5. The molecule has 0 unspecified atom stereocenters. The molecule has 1 aromatic heterocycles. The van der Waals surface area contributed by atoms with Crippen LogP contribution in [-0.2, 0) is 17.9 Å². The molecule has 7 heteroatoms. The number of thioether (sulfide) groups is 1. The van der Waals surface area contributed by atoms with Crippen molar-refractivity contribution in [3.05, 3.63) is 88.7 Å². The Morgan fingerprint density at radius 2 is 1.97 bits per heavy atom. The van der Waals surface area contributed by atoms with Crippen LogP contribution < -0.4 is 9.47 Å². The first kappa shape index (κ1) is 20.3. The van der Waals surface area contributed by atoms with Crippen molar-refractivity contribution in [1.82, 2.24) is 4.90 Å². The molecule has 0 spiro atoms. The molecule has 1 saturated heterocycles. The molecule has 1 amide bonds. The molecular formula is C23H19NO4S2. The number of hydrogen-bond acceptors (Lipinski definition) is 6. The molecule has 30 heavy (non-hydrogen) atoms. The summed E-state index contributed by atoms with van der Waals surface area (Å²) >= 11 is 6.68. The van der Waals surface area contributed by atoms with Gasteiger partial charge in [0.1, 0.15) is 28.2 Å². The minimum Gasteiger partial charge on any atom is -0.497 e. The largest absolute Gasteiger partial charge is 0.497 e. The fourth-order valence-electron chi connectivity index (χ4n) is 2.97. The Labute approximate surface area is 184 Å². The van der Waals surface area contributed by atoms with Gasteiger partial charge >= 0.3 is 0 Å². The molecular weight excluding hydrogens is 418 g/mol. The van der Waals surface area contributed by atoms with Crippen molar-refractivity contribution in [2.75, 3.05) is 7.11 Å². The quantitative estimate of drug-likeness (QED) is 0.371. The van der Waals surface area contributed by atoms with Crippen LogP contribution in [0.25, 0.3) is 6.08 Å². The van der Waals surface area contributed by atoms with E-state index in [0.717, 1.165) is 11.1 Å². The maximum Gasteiger partial charge on any atom is 0.266 e. The van der Waals surface area contributed by atoms with Gasteiger partial charge in [0.15, 0.2) is 0 Å². The van der Waals surface area contributed by atoms with Gasteiger partial charge in [-0.3, -0.25) is 9.69 Å². The van der Waals surface area contributed by atoms with Crippen LogP contribution in [0.3, 0.4) is 0 Å². The number of furan rings is 1. The van der Waals surface area contributed by atoms with Crippen molar-refractivity contribution in [2.24, 2.45) is 0 Å². The highest BCUT2D eigenvalue weighted by Crippen LogP contribution is 2.36. The average Bonchev–Trinajstić information content (AvgIpc) is 3.38. The molecule has 0 atom stereocenters. The normalized spacial score (nSPS) is 15.1. The molecule has 0 bridgehead atoms. The summed E-state index contributed by atoms with van der Waals surface area (Å²) in [5, 5.41) is 0. The number of ether oxygens (including phenoxy) is 2. The van der Waals surface area contributed by atoms with Crippen molar-refractivity contribution in [1.29, 1.82) is 0 Å². The molecule has 0 N–H and O–H groups in total. The lowest BCUT2D eigenvalue weighted by Gasteiger charge is -2.12. The second-order valence-corrected chi connectivity index (χ2v) is 8.20. The van der Waals surface area contributed by atoms with E-state index >= 15 is 0 Å². The zero-order valence-corrected chi connectivity index (χ0v) is 17.9. The molecule has 0 saturated carbocycles. The van der Waals surface area contributed by atoms with Crippen molar-refractivity contribution >= 4 is 40.3 Å². The van der Waals surface area contributed by atoms with Crippen molar-refractivity contribution in [3.63, 3.8) is 0 Å². The van der Waals surface area contributed by atoms with Crippen LogP contribution in [0, 0.1) is 0 Å². The van der Waals surface area contributed by atoms with E-state index in [0.29, 0.717) is 39.6 Å². The molecule has 0 aliphatic carbocycles. The molecule has 2 aromatic carbocycles. The number of methoxy groups -OCH3 is 1. The number of hydrogen-bond donors (Lipinski definition) is 0. The number of carbonyl (C=O) groups excluding carboxylic acids is 1. The Kier molecular flexibility index (Phi) is 6.21. The Hall–Kier alpha value is -3.03. The summed E-state index contributed by atoms with van der Waals surface area (Å²) in [6.45, 7) is 0.734. The van der Waals surface area contributed by atoms with Gasteiger partial charge in [-0.2, -0.15) is 0 Å². The van der Waals surface area contributed by atoms with Gasteiger partial charge < -0.3 is 13.9 Å². The van der Waals surface area contributed by atoms with Crippen LogP contribution in [-0.4, -0.2) is 22.2 Å². The Balaban J connectivity index is 1.58. The number of rotatable bonds is 7. The summed E-state index contributed by atoms with van der Waals surface area (Å²) in [7, 11) is 1.60. The monoisotopic (exact) mass is 437 g/mol. The van der Waals surface area contributed by atoms with Gasteiger partial charge in [-0.05, 0) is 42.0 Å². The SMILES string of the molecule is COc1ccc(OCc2ccccc2)c(/C=C2\SC(=S)N(Cc3ccco3)C2=O)c1. The van der Waals surface area contributed by atoms with Gasteiger partial charge in [0.25, 0.3) is 5.91 Å². The Morgan fingerprint density at radius 1 is 1.13 bits per heavy atom. The van der Waals surface area contributed by atoms with E-state index in [1.54, 1.807) is 25.5 Å². The van der Waals surface area contributed by atoms with Crippen LogP contribution in [0.4, 0.5) is 0 Å². The van der Waals surface area contributed by atoms with E-state index < -0.39 is 0 Å². The number of benzene rings is 2. The van der Waals surface area contributed by atoms with Gasteiger partial charge in [0, 0.05) is 5.56 Å². The maximum atomic E-state index is 12.9. The summed E-state index contributed by atoms with van der Waals surface area (Å²) in [5.74, 6) is 1.87. The maximum absolute atomic E-state index is 12.9. The fourth-order valence-corrected chi connectivity index (χ4v) is 4.21. The predicted octanol–water partition coefficient (Wildman–Crippen LogP) is 5.27. The van der Waals surface area contributed by atoms with Gasteiger partial charge in [0.05, 0.1) is 24.8 Å².